The number of amides is 1. The van der Waals surface area contributed by atoms with Crippen LogP contribution >= 0.6 is 0 Å². The van der Waals surface area contributed by atoms with E-state index in [4.69, 9.17) is 4.74 Å². The second-order valence-corrected chi connectivity index (χ2v) is 7.53. The van der Waals surface area contributed by atoms with Gasteiger partial charge in [-0.05, 0) is 44.2 Å². The zero-order valence-corrected chi connectivity index (χ0v) is 14.8. The summed E-state index contributed by atoms with van der Waals surface area (Å²) in [4.78, 5) is 21.8. The van der Waals surface area contributed by atoms with Crippen molar-refractivity contribution < 1.29 is 9.53 Å². The number of hydrogen-bond acceptors (Lipinski definition) is 4. The number of likely N-dealkylation sites (tertiary alicyclic amines) is 1. The Balaban J connectivity index is 1.56. The van der Waals surface area contributed by atoms with Crippen LogP contribution in [-0.4, -0.2) is 67.1 Å². The van der Waals surface area contributed by atoms with Gasteiger partial charge in [-0.3, -0.25) is 9.78 Å². The third-order valence-corrected chi connectivity index (χ3v) is 5.43. The van der Waals surface area contributed by atoms with Crippen molar-refractivity contribution >= 4 is 16.8 Å². The molecule has 0 N–H and O–H groups in total. The molecule has 1 spiro atoms. The van der Waals surface area contributed by atoms with Gasteiger partial charge in [0.1, 0.15) is 0 Å². The molecule has 4 rings (SSSR count). The quantitative estimate of drug-likeness (QED) is 0.800. The molecule has 1 amide bonds. The highest BCUT2D eigenvalue weighted by Crippen LogP contribution is 2.33. The fourth-order valence-electron chi connectivity index (χ4n) is 4.23. The number of nitrogens with zero attached hydrogens (tertiary/aromatic N) is 3. The molecule has 2 saturated heterocycles. The van der Waals surface area contributed by atoms with E-state index in [0.29, 0.717) is 0 Å². The highest BCUT2D eigenvalue weighted by Gasteiger charge is 2.39. The van der Waals surface area contributed by atoms with Gasteiger partial charge in [0.25, 0.3) is 5.91 Å². The number of aromatic nitrogens is 1. The molecule has 1 unspecified atom stereocenters. The van der Waals surface area contributed by atoms with E-state index < -0.39 is 0 Å². The molecule has 5 heteroatoms. The lowest BCUT2D eigenvalue weighted by molar-refractivity contribution is 0.00861. The van der Waals surface area contributed by atoms with Crippen LogP contribution < -0.4 is 0 Å². The van der Waals surface area contributed by atoms with Gasteiger partial charge < -0.3 is 14.5 Å². The Morgan fingerprint density at radius 3 is 3.08 bits per heavy atom. The second kappa shape index (κ2) is 6.73. The standard InChI is InChI=1S/C20H25N3O2/c1-22-10-11-25-15-20(13-22)7-3-9-23(14-20)19(24)17-5-6-18-16(12-17)4-2-8-21-18/h2,4-6,8,12H,3,7,9-11,13-15H2,1H3. The number of piperidine rings is 1. The molecule has 3 heterocycles. The van der Waals surface area contributed by atoms with E-state index in [2.05, 4.69) is 16.9 Å². The molecule has 0 saturated carbocycles. The summed E-state index contributed by atoms with van der Waals surface area (Å²) < 4.78 is 5.86. The minimum atomic E-state index is 0.0670. The molecule has 1 atom stereocenters. The summed E-state index contributed by atoms with van der Waals surface area (Å²) in [7, 11) is 2.15. The van der Waals surface area contributed by atoms with E-state index in [0.717, 1.165) is 68.7 Å². The summed E-state index contributed by atoms with van der Waals surface area (Å²) in [6, 6.07) is 9.71. The number of fused-ring (bicyclic) bond motifs is 1. The predicted molar refractivity (Wildman–Crippen MR) is 97.6 cm³/mol. The van der Waals surface area contributed by atoms with Crippen molar-refractivity contribution in [3.8, 4) is 0 Å². The summed E-state index contributed by atoms with van der Waals surface area (Å²) in [5, 5.41) is 1.01. The molecule has 2 aliphatic heterocycles. The number of pyridine rings is 1. The summed E-state index contributed by atoms with van der Waals surface area (Å²) in [5.41, 5.74) is 1.74. The highest BCUT2D eigenvalue weighted by atomic mass is 16.5. The number of carbonyl (C=O) groups is 1. The van der Waals surface area contributed by atoms with Gasteiger partial charge in [-0.15, -0.1) is 0 Å². The van der Waals surface area contributed by atoms with E-state index in [1.165, 1.54) is 0 Å². The van der Waals surface area contributed by atoms with Crippen molar-refractivity contribution in [1.29, 1.82) is 0 Å². The van der Waals surface area contributed by atoms with E-state index >= 15 is 0 Å². The van der Waals surface area contributed by atoms with Crippen LogP contribution in [0, 0.1) is 5.41 Å². The number of benzene rings is 1. The Bertz CT molecular complexity index is 778. The van der Waals surface area contributed by atoms with Crippen LogP contribution in [0.4, 0.5) is 0 Å². The first-order valence-electron chi connectivity index (χ1n) is 9.06. The fraction of sp³-hybridized carbons (Fsp3) is 0.500. The molecule has 0 bridgehead atoms. The maximum atomic E-state index is 13.1. The first-order chi connectivity index (χ1) is 12.2. The molecular formula is C20H25N3O2. The Morgan fingerprint density at radius 2 is 2.16 bits per heavy atom. The van der Waals surface area contributed by atoms with Crippen LogP contribution in [-0.2, 0) is 4.74 Å². The average molecular weight is 339 g/mol. The number of likely N-dealkylation sites (N-methyl/N-ethyl adjacent to an activating group) is 1. The zero-order chi connectivity index (χ0) is 17.3. The minimum absolute atomic E-state index is 0.0670. The van der Waals surface area contributed by atoms with Crippen molar-refractivity contribution in [3.63, 3.8) is 0 Å². The molecular weight excluding hydrogens is 314 g/mol. The van der Waals surface area contributed by atoms with Crippen molar-refractivity contribution in [2.45, 2.75) is 12.8 Å². The third-order valence-electron chi connectivity index (χ3n) is 5.43. The van der Waals surface area contributed by atoms with Gasteiger partial charge in [0.05, 0.1) is 18.7 Å². The van der Waals surface area contributed by atoms with Gasteiger partial charge in [0.2, 0.25) is 0 Å². The molecule has 2 aromatic rings. The largest absolute Gasteiger partial charge is 0.379 e. The molecule has 1 aromatic carbocycles. The molecule has 0 aliphatic carbocycles. The summed E-state index contributed by atoms with van der Waals surface area (Å²) >= 11 is 0. The van der Waals surface area contributed by atoms with E-state index in [1.54, 1.807) is 6.20 Å². The number of ether oxygens (including phenoxy) is 1. The Morgan fingerprint density at radius 1 is 1.24 bits per heavy atom. The van der Waals surface area contributed by atoms with Crippen LogP contribution in [0.1, 0.15) is 23.2 Å². The molecule has 132 valence electrons. The molecule has 1 aromatic heterocycles. The van der Waals surface area contributed by atoms with Crippen LogP contribution in [0.5, 0.6) is 0 Å². The van der Waals surface area contributed by atoms with E-state index in [9.17, 15) is 4.79 Å². The van der Waals surface area contributed by atoms with Crippen molar-refractivity contribution in [2.24, 2.45) is 5.41 Å². The van der Waals surface area contributed by atoms with Crippen molar-refractivity contribution in [1.82, 2.24) is 14.8 Å². The normalized spacial score (nSPS) is 25.2. The second-order valence-electron chi connectivity index (χ2n) is 7.53. The topological polar surface area (TPSA) is 45.7 Å². The fourth-order valence-corrected chi connectivity index (χ4v) is 4.23. The van der Waals surface area contributed by atoms with Crippen molar-refractivity contribution in [3.05, 3.63) is 42.1 Å². The van der Waals surface area contributed by atoms with Gasteiger partial charge in [-0.2, -0.15) is 0 Å². The maximum absolute atomic E-state index is 13.1. The number of carbonyl (C=O) groups excluding carboxylic acids is 1. The zero-order valence-electron chi connectivity index (χ0n) is 14.8. The van der Waals surface area contributed by atoms with Gasteiger partial charge in [0, 0.05) is 48.7 Å². The Hall–Kier alpha value is -1.98. The molecule has 2 aliphatic rings. The van der Waals surface area contributed by atoms with E-state index in [-0.39, 0.29) is 11.3 Å². The lowest BCUT2D eigenvalue weighted by Crippen LogP contribution is -2.51. The summed E-state index contributed by atoms with van der Waals surface area (Å²) in [6.45, 7) is 5.11. The number of rotatable bonds is 1. The molecule has 0 radical (unpaired) electrons. The van der Waals surface area contributed by atoms with Gasteiger partial charge in [-0.25, -0.2) is 0 Å². The van der Waals surface area contributed by atoms with Crippen LogP contribution in [0.25, 0.3) is 10.9 Å². The Labute approximate surface area is 148 Å². The highest BCUT2D eigenvalue weighted by molar-refractivity contribution is 5.98. The van der Waals surface area contributed by atoms with Gasteiger partial charge >= 0.3 is 0 Å². The lowest BCUT2D eigenvalue weighted by Gasteiger charge is -2.43. The summed E-state index contributed by atoms with van der Waals surface area (Å²) in [6.07, 6.45) is 3.95. The van der Waals surface area contributed by atoms with Crippen LogP contribution in [0.15, 0.2) is 36.5 Å². The van der Waals surface area contributed by atoms with Crippen LogP contribution in [0.3, 0.4) is 0 Å². The van der Waals surface area contributed by atoms with E-state index in [1.807, 2.05) is 35.2 Å². The number of hydrogen-bond donors (Lipinski definition) is 0. The Kier molecular flexibility index (Phi) is 4.44. The average Bonchev–Trinajstić information content (AvgIpc) is 2.81. The molecule has 25 heavy (non-hydrogen) atoms. The lowest BCUT2D eigenvalue weighted by atomic mass is 9.80. The van der Waals surface area contributed by atoms with Gasteiger partial charge in [0.15, 0.2) is 0 Å². The monoisotopic (exact) mass is 339 g/mol. The SMILES string of the molecule is CN1CCOCC2(CCCN(C(=O)c3ccc4ncccc4c3)C2)C1. The predicted octanol–water partition coefficient (Wildman–Crippen LogP) is 2.42. The van der Waals surface area contributed by atoms with Crippen molar-refractivity contribution in [2.75, 3.05) is 46.4 Å². The first kappa shape index (κ1) is 16.5. The van der Waals surface area contributed by atoms with Gasteiger partial charge in [-0.1, -0.05) is 6.07 Å². The molecule has 2 fully saturated rings. The summed E-state index contributed by atoms with van der Waals surface area (Å²) in [5.74, 6) is 0.122. The maximum Gasteiger partial charge on any atom is 0.253 e. The smallest absolute Gasteiger partial charge is 0.253 e. The molecule has 5 nitrogen and oxygen atoms in total. The van der Waals surface area contributed by atoms with Crippen LogP contribution in [0.2, 0.25) is 0 Å². The third kappa shape index (κ3) is 3.39. The first-order valence-corrected chi connectivity index (χ1v) is 9.06. The minimum Gasteiger partial charge on any atom is -0.379 e.